The first-order valence-corrected chi connectivity index (χ1v) is 7.70. The second kappa shape index (κ2) is 7.36. The third kappa shape index (κ3) is 4.90. The lowest BCUT2D eigenvalue weighted by atomic mass is 10.1. The first kappa shape index (κ1) is 14.9. The third-order valence-electron chi connectivity index (χ3n) is 2.62. The highest BCUT2D eigenvalue weighted by molar-refractivity contribution is 9.11. The minimum Gasteiger partial charge on any atom is -0.352 e. The van der Waals surface area contributed by atoms with E-state index in [2.05, 4.69) is 21.2 Å². The Morgan fingerprint density at radius 1 is 1.25 bits per heavy atom. The van der Waals surface area contributed by atoms with E-state index in [0.717, 1.165) is 14.2 Å². The molecule has 2 nitrogen and oxygen atoms in total. The Bertz CT molecular complexity index is 607. The number of nitrogens with one attached hydrogen (secondary N) is 1. The molecule has 1 N–H and O–H groups in total. The number of carbonyl (C=O) groups excluding carboxylic acids is 1. The van der Waals surface area contributed by atoms with E-state index in [4.69, 9.17) is 0 Å². The number of amides is 1. The van der Waals surface area contributed by atoms with E-state index >= 15 is 0 Å². The van der Waals surface area contributed by atoms with E-state index in [1.165, 1.54) is 18.2 Å². The fraction of sp³-hybridized carbons (Fsp3) is 0.133. The van der Waals surface area contributed by atoms with Gasteiger partial charge in [0, 0.05) is 17.5 Å². The molecule has 0 aliphatic carbocycles. The number of thiophene rings is 1. The van der Waals surface area contributed by atoms with Gasteiger partial charge in [0.25, 0.3) is 0 Å². The Hall–Kier alpha value is -1.46. The summed E-state index contributed by atoms with van der Waals surface area (Å²) in [6.07, 6.45) is 3.98. The van der Waals surface area contributed by atoms with Crippen molar-refractivity contribution >= 4 is 39.2 Å². The first-order chi connectivity index (χ1) is 9.63. The number of hydrogen-bond donors (Lipinski definition) is 1. The summed E-state index contributed by atoms with van der Waals surface area (Å²) in [6, 6.07) is 10.2. The molecule has 0 aliphatic heterocycles. The van der Waals surface area contributed by atoms with Gasteiger partial charge in [0.1, 0.15) is 5.82 Å². The lowest BCUT2D eigenvalue weighted by molar-refractivity contribution is -0.116. The molecule has 5 heteroatoms. The predicted octanol–water partition coefficient (Wildman–Crippen LogP) is 4.02. The largest absolute Gasteiger partial charge is 0.352 e. The Balaban J connectivity index is 1.75. The SMILES string of the molecule is O=C(/C=C/c1ccc(Br)s1)NCCc1ccc(F)cc1. The van der Waals surface area contributed by atoms with Gasteiger partial charge in [-0.05, 0) is 58.3 Å². The number of hydrogen-bond acceptors (Lipinski definition) is 2. The normalized spacial score (nSPS) is 10.9. The Labute approximate surface area is 129 Å². The highest BCUT2D eigenvalue weighted by atomic mass is 79.9. The van der Waals surface area contributed by atoms with Crippen LogP contribution in [0, 0.1) is 5.82 Å². The van der Waals surface area contributed by atoms with Crippen molar-refractivity contribution in [3.8, 4) is 0 Å². The van der Waals surface area contributed by atoms with Crippen molar-refractivity contribution in [1.29, 1.82) is 0 Å². The molecule has 0 saturated carbocycles. The van der Waals surface area contributed by atoms with Crippen molar-refractivity contribution < 1.29 is 9.18 Å². The molecule has 2 aromatic rings. The van der Waals surface area contributed by atoms with E-state index < -0.39 is 0 Å². The molecule has 0 radical (unpaired) electrons. The second-order valence-electron chi connectivity index (χ2n) is 4.14. The zero-order chi connectivity index (χ0) is 14.4. The summed E-state index contributed by atoms with van der Waals surface area (Å²) in [6.45, 7) is 0.531. The molecule has 0 spiro atoms. The van der Waals surface area contributed by atoms with Gasteiger partial charge in [0.2, 0.25) is 5.91 Å². The van der Waals surface area contributed by atoms with Gasteiger partial charge in [-0.25, -0.2) is 4.39 Å². The minimum absolute atomic E-state index is 0.128. The van der Waals surface area contributed by atoms with Gasteiger partial charge in [-0.1, -0.05) is 12.1 Å². The second-order valence-corrected chi connectivity index (χ2v) is 6.64. The van der Waals surface area contributed by atoms with Crippen LogP contribution >= 0.6 is 27.3 Å². The molecule has 2 rings (SSSR count). The van der Waals surface area contributed by atoms with E-state index in [0.29, 0.717) is 13.0 Å². The Morgan fingerprint density at radius 2 is 2.00 bits per heavy atom. The van der Waals surface area contributed by atoms with Gasteiger partial charge in [0.15, 0.2) is 0 Å². The van der Waals surface area contributed by atoms with Crippen molar-refractivity contribution in [3.05, 3.63) is 62.5 Å². The van der Waals surface area contributed by atoms with Gasteiger partial charge < -0.3 is 5.32 Å². The molecule has 104 valence electrons. The standard InChI is InChI=1S/C15H13BrFNOS/c16-14-7-5-13(20-14)6-8-15(19)18-10-9-11-1-3-12(17)4-2-11/h1-8H,9-10H2,(H,18,19)/b8-6+. The average molecular weight is 354 g/mol. The molecule has 0 unspecified atom stereocenters. The number of rotatable bonds is 5. The summed E-state index contributed by atoms with van der Waals surface area (Å²) in [4.78, 5) is 12.6. The molecule has 1 aromatic carbocycles. The van der Waals surface area contributed by atoms with Crippen LogP contribution in [0.2, 0.25) is 0 Å². The van der Waals surface area contributed by atoms with Crippen LogP contribution in [0.3, 0.4) is 0 Å². The molecule has 0 bridgehead atoms. The molecule has 0 saturated heterocycles. The third-order valence-corrected chi connectivity index (χ3v) is 4.21. The van der Waals surface area contributed by atoms with Crippen LogP contribution in [0.15, 0.2) is 46.3 Å². The number of carbonyl (C=O) groups is 1. The maximum Gasteiger partial charge on any atom is 0.244 e. The highest BCUT2D eigenvalue weighted by Crippen LogP contribution is 2.22. The van der Waals surface area contributed by atoms with Crippen molar-refractivity contribution in [2.24, 2.45) is 0 Å². The van der Waals surface area contributed by atoms with E-state index in [-0.39, 0.29) is 11.7 Å². The lowest BCUT2D eigenvalue weighted by Gasteiger charge is -2.02. The molecule has 1 aromatic heterocycles. The van der Waals surface area contributed by atoms with Gasteiger partial charge >= 0.3 is 0 Å². The molecule has 1 heterocycles. The predicted molar refractivity (Wildman–Crippen MR) is 84.2 cm³/mol. The van der Waals surface area contributed by atoms with E-state index in [1.54, 1.807) is 29.5 Å². The molecule has 20 heavy (non-hydrogen) atoms. The molecule has 0 atom stereocenters. The maximum atomic E-state index is 12.7. The van der Waals surface area contributed by atoms with E-state index in [1.807, 2.05) is 12.1 Å². The summed E-state index contributed by atoms with van der Waals surface area (Å²) in [5.41, 5.74) is 0.998. The fourth-order valence-electron chi connectivity index (χ4n) is 1.62. The molecular formula is C15H13BrFNOS. The zero-order valence-electron chi connectivity index (χ0n) is 10.6. The summed E-state index contributed by atoms with van der Waals surface area (Å²) < 4.78 is 13.8. The van der Waals surface area contributed by atoms with Crippen molar-refractivity contribution in [3.63, 3.8) is 0 Å². The van der Waals surface area contributed by atoms with Gasteiger partial charge in [-0.15, -0.1) is 11.3 Å². The fourth-order valence-corrected chi connectivity index (χ4v) is 2.94. The van der Waals surface area contributed by atoms with Crippen LogP contribution in [0.1, 0.15) is 10.4 Å². The first-order valence-electron chi connectivity index (χ1n) is 6.09. The lowest BCUT2D eigenvalue weighted by Crippen LogP contribution is -2.23. The number of benzene rings is 1. The van der Waals surface area contributed by atoms with Crippen LogP contribution in [0.5, 0.6) is 0 Å². The number of halogens is 2. The van der Waals surface area contributed by atoms with Crippen LogP contribution in [0.25, 0.3) is 6.08 Å². The van der Waals surface area contributed by atoms with Gasteiger partial charge in [-0.2, -0.15) is 0 Å². The Morgan fingerprint density at radius 3 is 2.65 bits per heavy atom. The van der Waals surface area contributed by atoms with Gasteiger partial charge in [-0.3, -0.25) is 4.79 Å². The zero-order valence-corrected chi connectivity index (χ0v) is 13.0. The van der Waals surface area contributed by atoms with E-state index in [9.17, 15) is 9.18 Å². The summed E-state index contributed by atoms with van der Waals surface area (Å²) in [7, 11) is 0. The van der Waals surface area contributed by atoms with Crippen molar-refractivity contribution in [2.45, 2.75) is 6.42 Å². The maximum absolute atomic E-state index is 12.7. The summed E-state index contributed by atoms with van der Waals surface area (Å²) in [5, 5.41) is 2.80. The molecule has 0 aliphatic rings. The van der Waals surface area contributed by atoms with Crippen LogP contribution in [-0.2, 0) is 11.2 Å². The van der Waals surface area contributed by atoms with Crippen LogP contribution in [0.4, 0.5) is 4.39 Å². The average Bonchev–Trinajstić information content (AvgIpc) is 2.85. The van der Waals surface area contributed by atoms with Crippen molar-refractivity contribution in [1.82, 2.24) is 5.32 Å². The topological polar surface area (TPSA) is 29.1 Å². The molecular weight excluding hydrogens is 341 g/mol. The Kier molecular flexibility index (Phi) is 5.49. The minimum atomic E-state index is -0.247. The van der Waals surface area contributed by atoms with Crippen molar-refractivity contribution in [2.75, 3.05) is 6.54 Å². The highest BCUT2D eigenvalue weighted by Gasteiger charge is 1.98. The molecule has 0 fully saturated rings. The van der Waals surface area contributed by atoms with Gasteiger partial charge in [0.05, 0.1) is 3.79 Å². The quantitative estimate of drug-likeness (QED) is 0.808. The molecule has 1 amide bonds. The monoisotopic (exact) mass is 353 g/mol. The smallest absolute Gasteiger partial charge is 0.244 e. The van der Waals surface area contributed by atoms with Crippen LogP contribution in [-0.4, -0.2) is 12.5 Å². The summed E-state index contributed by atoms with van der Waals surface area (Å²) in [5.74, 6) is -0.375. The summed E-state index contributed by atoms with van der Waals surface area (Å²) >= 11 is 4.94. The van der Waals surface area contributed by atoms with Crippen LogP contribution < -0.4 is 5.32 Å².